The van der Waals surface area contributed by atoms with Crippen LogP contribution in [0, 0.1) is 0 Å². The average Bonchev–Trinajstić information content (AvgIpc) is 3.40. The van der Waals surface area contributed by atoms with Crippen LogP contribution in [0.3, 0.4) is 0 Å². The van der Waals surface area contributed by atoms with Gasteiger partial charge in [-0.3, -0.25) is 4.79 Å². The van der Waals surface area contributed by atoms with Gasteiger partial charge in [-0.2, -0.15) is 5.10 Å². The molecule has 0 saturated heterocycles. The van der Waals surface area contributed by atoms with Crippen molar-refractivity contribution in [1.82, 2.24) is 15.1 Å². The van der Waals surface area contributed by atoms with Crippen LogP contribution in [0.1, 0.15) is 53.0 Å². The fourth-order valence-corrected chi connectivity index (χ4v) is 4.31. The van der Waals surface area contributed by atoms with E-state index < -0.39 is 12.3 Å². The van der Waals surface area contributed by atoms with Crippen molar-refractivity contribution in [2.45, 2.75) is 44.2 Å². The van der Waals surface area contributed by atoms with Gasteiger partial charge in [-0.15, -0.1) is 0 Å². The standard InChI is InChI=1S/C24H29N5O4/c1-33-19-8-3-2-5-16(19)24(32)27-13-14-9-11-15(12-10-14)21-20(23(26)31)22(25)29(28-21)17-6-4-7-18(17)30/h2-3,5,8-12,17-18,23,30-31H,4,6-7,13,25-26H2,1H3,(H,27,32). The van der Waals surface area contributed by atoms with Crippen LogP contribution in [0.25, 0.3) is 11.3 Å². The Kier molecular flexibility index (Phi) is 6.64. The number of nitrogen functional groups attached to an aromatic ring is 1. The summed E-state index contributed by atoms with van der Waals surface area (Å²) < 4.78 is 6.83. The number of anilines is 1. The molecule has 174 valence electrons. The SMILES string of the molecule is COc1ccccc1C(=O)NCc1ccc(-c2nn(C3CCCC3O)c(N)c2C(N)O)cc1. The molecule has 2 aromatic carbocycles. The molecule has 1 aliphatic rings. The first-order valence-corrected chi connectivity index (χ1v) is 10.9. The van der Waals surface area contributed by atoms with Crippen molar-refractivity contribution in [3.8, 4) is 17.0 Å². The molecule has 0 aliphatic heterocycles. The van der Waals surface area contributed by atoms with E-state index in [2.05, 4.69) is 10.4 Å². The van der Waals surface area contributed by atoms with Crippen molar-refractivity contribution >= 4 is 11.7 Å². The molecular weight excluding hydrogens is 422 g/mol. The van der Waals surface area contributed by atoms with Crippen LogP contribution >= 0.6 is 0 Å². The van der Waals surface area contributed by atoms with E-state index >= 15 is 0 Å². The predicted octanol–water partition coefficient (Wildman–Crippen LogP) is 2.11. The smallest absolute Gasteiger partial charge is 0.255 e. The lowest BCUT2D eigenvalue weighted by molar-refractivity contribution is 0.0948. The maximum atomic E-state index is 12.5. The summed E-state index contributed by atoms with van der Waals surface area (Å²) in [7, 11) is 1.53. The predicted molar refractivity (Wildman–Crippen MR) is 124 cm³/mol. The Labute approximate surface area is 192 Å². The molecular formula is C24H29N5O4. The number of nitrogens with one attached hydrogen (secondary N) is 1. The van der Waals surface area contributed by atoms with E-state index in [0.29, 0.717) is 35.5 Å². The number of benzene rings is 2. The molecule has 9 heteroatoms. The number of aliphatic hydroxyl groups excluding tert-OH is 2. The molecule has 1 fully saturated rings. The Balaban J connectivity index is 1.53. The molecule has 1 saturated carbocycles. The highest BCUT2D eigenvalue weighted by Crippen LogP contribution is 2.37. The number of nitrogens with zero attached hydrogens (tertiary/aromatic N) is 2. The Bertz CT molecular complexity index is 1130. The summed E-state index contributed by atoms with van der Waals surface area (Å²) in [4.78, 5) is 12.5. The first kappa shape index (κ1) is 22.8. The minimum atomic E-state index is -1.30. The van der Waals surface area contributed by atoms with E-state index in [1.807, 2.05) is 30.3 Å². The van der Waals surface area contributed by atoms with Gasteiger partial charge in [0.1, 0.15) is 23.5 Å². The van der Waals surface area contributed by atoms with Gasteiger partial charge in [0.05, 0.1) is 30.4 Å². The van der Waals surface area contributed by atoms with Crippen LogP contribution in [0.2, 0.25) is 0 Å². The van der Waals surface area contributed by atoms with Crippen molar-refractivity contribution < 1.29 is 19.7 Å². The third kappa shape index (κ3) is 4.56. The first-order valence-electron chi connectivity index (χ1n) is 10.9. The van der Waals surface area contributed by atoms with E-state index in [4.69, 9.17) is 16.2 Å². The van der Waals surface area contributed by atoms with Gasteiger partial charge in [-0.25, -0.2) is 4.68 Å². The zero-order valence-corrected chi connectivity index (χ0v) is 18.4. The molecule has 1 heterocycles. The van der Waals surface area contributed by atoms with Crippen LogP contribution in [-0.2, 0) is 6.54 Å². The minimum Gasteiger partial charge on any atom is -0.496 e. The largest absolute Gasteiger partial charge is 0.496 e. The summed E-state index contributed by atoms with van der Waals surface area (Å²) in [5.74, 6) is 0.546. The second-order valence-electron chi connectivity index (χ2n) is 8.18. The highest BCUT2D eigenvalue weighted by molar-refractivity contribution is 5.96. The zero-order valence-electron chi connectivity index (χ0n) is 18.4. The van der Waals surface area contributed by atoms with Crippen molar-refractivity contribution in [1.29, 1.82) is 0 Å². The highest BCUT2D eigenvalue weighted by atomic mass is 16.5. The van der Waals surface area contributed by atoms with Gasteiger partial charge in [0.25, 0.3) is 5.91 Å². The van der Waals surface area contributed by atoms with Gasteiger partial charge in [-0.05, 0) is 37.0 Å². The minimum absolute atomic E-state index is 0.230. The lowest BCUT2D eigenvalue weighted by Crippen LogP contribution is -2.23. The van der Waals surface area contributed by atoms with Gasteiger partial charge >= 0.3 is 0 Å². The Morgan fingerprint density at radius 2 is 1.97 bits per heavy atom. The third-order valence-corrected chi connectivity index (χ3v) is 6.07. The van der Waals surface area contributed by atoms with Gasteiger partial charge in [0.2, 0.25) is 0 Å². The quantitative estimate of drug-likeness (QED) is 0.345. The summed E-state index contributed by atoms with van der Waals surface area (Å²) in [5.41, 5.74) is 15.0. The lowest BCUT2D eigenvalue weighted by Gasteiger charge is -2.16. The fourth-order valence-electron chi connectivity index (χ4n) is 4.31. The maximum Gasteiger partial charge on any atom is 0.255 e. The summed E-state index contributed by atoms with van der Waals surface area (Å²) in [6.45, 7) is 0.328. The molecule has 9 nitrogen and oxygen atoms in total. The average molecular weight is 452 g/mol. The molecule has 3 aromatic rings. The summed E-state index contributed by atoms with van der Waals surface area (Å²) >= 11 is 0. The second-order valence-corrected chi connectivity index (χ2v) is 8.18. The molecule has 0 radical (unpaired) electrons. The van der Waals surface area contributed by atoms with Gasteiger partial charge < -0.3 is 31.7 Å². The van der Waals surface area contributed by atoms with E-state index in [1.54, 1.807) is 22.9 Å². The van der Waals surface area contributed by atoms with Crippen LogP contribution in [0.4, 0.5) is 5.82 Å². The molecule has 1 aliphatic carbocycles. The highest BCUT2D eigenvalue weighted by Gasteiger charge is 2.32. The van der Waals surface area contributed by atoms with Gasteiger partial charge in [0.15, 0.2) is 0 Å². The van der Waals surface area contributed by atoms with Crippen molar-refractivity contribution in [3.05, 3.63) is 65.2 Å². The number of aromatic nitrogens is 2. The van der Waals surface area contributed by atoms with Gasteiger partial charge in [0, 0.05) is 12.1 Å². The van der Waals surface area contributed by atoms with Crippen LogP contribution in [0.15, 0.2) is 48.5 Å². The summed E-state index contributed by atoms with van der Waals surface area (Å²) in [6, 6.07) is 14.2. The van der Waals surface area contributed by atoms with E-state index in [-0.39, 0.29) is 17.8 Å². The number of carbonyl (C=O) groups is 1. The van der Waals surface area contributed by atoms with E-state index in [0.717, 1.165) is 24.0 Å². The molecule has 3 atom stereocenters. The van der Waals surface area contributed by atoms with E-state index in [9.17, 15) is 15.0 Å². The number of aliphatic hydroxyl groups is 2. The number of ether oxygens (including phenoxy) is 1. The molecule has 1 amide bonds. The molecule has 0 spiro atoms. The number of hydrogen-bond acceptors (Lipinski definition) is 7. The van der Waals surface area contributed by atoms with Crippen LogP contribution in [-0.4, -0.2) is 39.1 Å². The van der Waals surface area contributed by atoms with Crippen LogP contribution in [0.5, 0.6) is 5.75 Å². The number of methoxy groups -OCH3 is 1. The normalized spacial score (nSPS) is 18.8. The molecule has 0 bridgehead atoms. The lowest BCUT2D eigenvalue weighted by atomic mass is 10.0. The van der Waals surface area contributed by atoms with Crippen molar-refractivity contribution in [2.75, 3.05) is 12.8 Å². The molecule has 4 rings (SSSR count). The molecule has 33 heavy (non-hydrogen) atoms. The summed E-state index contributed by atoms with van der Waals surface area (Å²) in [5, 5.41) is 27.9. The van der Waals surface area contributed by atoms with Gasteiger partial charge in [-0.1, -0.05) is 36.4 Å². The topological polar surface area (TPSA) is 149 Å². The van der Waals surface area contributed by atoms with Crippen molar-refractivity contribution in [2.24, 2.45) is 5.73 Å². The molecule has 7 N–H and O–H groups in total. The molecule has 1 aromatic heterocycles. The Hall–Kier alpha value is -3.40. The first-order chi connectivity index (χ1) is 15.9. The second kappa shape index (κ2) is 9.62. The fraction of sp³-hybridized carbons (Fsp3) is 0.333. The molecule has 3 unspecified atom stereocenters. The Morgan fingerprint density at radius 1 is 1.24 bits per heavy atom. The van der Waals surface area contributed by atoms with Crippen molar-refractivity contribution in [3.63, 3.8) is 0 Å². The maximum absolute atomic E-state index is 12.5. The summed E-state index contributed by atoms with van der Waals surface area (Å²) in [6.07, 6.45) is 0.507. The Morgan fingerprint density at radius 3 is 2.61 bits per heavy atom. The monoisotopic (exact) mass is 451 g/mol. The number of para-hydroxylation sites is 1. The third-order valence-electron chi connectivity index (χ3n) is 6.07. The number of amides is 1. The van der Waals surface area contributed by atoms with E-state index in [1.165, 1.54) is 7.11 Å². The number of carbonyl (C=O) groups excluding carboxylic acids is 1. The number of rotatable bonds is 7. The zero-order chi connectivity index (χ0) is 23.5. The van der Waals surface area contributed by atoms with Crippen LogP contribution < -0.4 is 21.5 Å². The number of nitrogens with two attached hydrogens (primary N) is 2. The number of hydrogen-bond donors (Lipinski definition) is 5.